The Hall–Kier alpha value is -1.59. The molecular formula is C25H39N3O3. The van der Waals surface area contributed by atoms with E-state index in [1.807, 2.05) is 9.80 Å². The number of nitrogens with zero attached hydrogens (tertiary/aromatic N) is 2. The molecule has 6 atom stereocenters. The second-order valence-corrected chi connectivity index (χ2v) is 11.1. The van der Waals surface area contributed by atoms with Crippen molar-refractivity contribution in [1.82, 2.24) is 15.1 Å². The zero-order chi connectivity index (χ0) is 21.4. The van der Waals surface area contributed by atoms with Crippen LogP contribution in [0.2, 0.25) is 0 Å². The Balaban J connectivity index is 0.967. The van der Waals surface area contributed by atoms with Crippen LogP contribution in [0.15, 0.2) is 0 Å². The maximum Gasteiger partial charge on any atom is 0.224 e. The molecule has 0 unspecified atom stereocenters. The predicted molar refractivity (Wildman–Crippen MR) is 118 cm³/mol. The maximum atomic E-state index is 12.7. The summed E-state index contributed by atoms with van der Waals surface area (Å²) >= 11 is 0. The molecular weight excluding hydrogens is 390 g/mol. The Kier molecular flexibility index (Phi) is 6.25. The van der Waals surface area contributed by atoms with E-state index in [9.17, 15) is 14.4 Å². The van der Waals surface area contributed by atoms with Gasteiger partial charge in [0, 0.05) is 52.0 Å². The number of amides is 3. The lowest BCUT2D eigenvalue weighted by Crippen LogP contribution is -2.51. The van der Waals surface area contributed by atoms with Gasteiger partial charge in [-0.15, -0.1) is 0 Å². The SMILES string of the molecule is O=C(C[C@H]1C[C@H]2CC[C@H]1C2)NCCC(=O)N1CCN(C(=O)C[C@H]2C[C@H]3CC[C@H]2C3)CC1. The van der Waals surface area contributed by atoms with Crippen LogP contribution in [0, 0.1) is 35.5 Å². The molecule has 0 aromatic carbocycles. The lowest BCUT2D eigenvalue weighted by molar-refractivity contribution is -0.140. The number of nitrogens with one attached hydrogen (secondary N) is 1. The summed E-state index contributed by atoms with van der Waals surface area (Å²) in [5.41, 5.74) is 0. The van der Waals surface area contributed by atoms with Crippen LogP contribution in [-0.2, 0) is 14.4 Å². The molecule has 6 nitrogen and oxygen atoms in total. The largest absolute Gasteiger partial charge is 0.356 e. The van der Waals surface area contributed by atoms with Crippen LogP contribution in [0.1, 0.15) is 70.6 Å². The lowest BCUT2D eigenvalue weighted by Gasteiger charge is -2.36. The van der Waals surface area contributed by atoms with Gasteiger partial charge in [-0.05, 0) is 74.0 Å². The van der Waals surface area contributed by atoms with Gasteiger partial charge >= 0.3 is 0 Å². The molecule has 31 heavy (non-hydrogen) atoms. The molecule has 1 N–H and O–H groups in total. The molecule has 0 spiro atoms. The van der Waals surface area contributed by atoms with Crippen molar-refractivity contribution in [2.24, 2.45) is 35.5 Å². The minimum atomic E-state index is 0.0976. The summed E-state index contributed by atoms with van der Waals surface area (Å²) in [6, 6.07) is 0. The van der Waals surface area contributed by atoms with Crippen LogP contribution in [0.25, 0.3) is 0 Å². The normalized spacial score (nSPS) is 36.3. The van der Waals surface area contributed by atoms with Crippen LogP contribution < -0.4 is 5.32 Å². The van der Waals surface area contributed by atoms with Gasteiger partial charge in [0.05, 0.1) is 0 Å². The molecule has 4 aliphatic carbocycles. The molecule has 5 rings (SSSR count). The molecule has 5 aliphatic rings. The van der Waals surface area contributed by atoms with E-state index in [1.165, 1.54) is 51.4 Å². The van der Waals surface area contributed by atoms with Gasteiger partial charge in [-0.25, -0.2) is 0 Å². The fraction of sp³-hybridized carbons (Fsp3) is 0.880. The summed E-state index contributed by atoms with van der Waals surface area (Å²) in [7, 11) is 0. The van der Waals surface area contributed by atoms with Crippen molar-refractivity contribution in [3.63, 3.8) is 0 Å². The molecule has 0 aromatic heterocycles. The first-order valence-corrected chi connectivity index (χ1v) is 12.9. The molecule has 0 aromatic rings. The first-order valence-electron chi connectivity index (χ1n) is 12.9. The average Bonchev–Trinajstić information content (AvgIpc) is 3.56. The Morgan fingerprint density at radius 3 is 1.74 bits per heavy atom. The minimum Gasteiger partial charge on any atom is -0.356 e. The van der Waals surface area contributed by atoms with E-state index in [0.29, 0.717) is 63.8 Å². The highest BCUT2D eigenvalue weighted by atomic mass is 16.2. The fourth-order valence-electron chi connectivity index (χ4n) is 7.59. The van der Waals surface area contributed by atoms with E-state index in [0.717, 1.165) is 23.7 Å². The molecule has 1 aliphatic heterocycles. The molecule has 172 valence electrons. The van der Waals surface area contributed by atoms with E-state index in [2.05, 4.69) is 5.32 Å². The molecule has 0 radical (unpaired) electrons. The number of hydrogen-bond acceptors (Lipinski definition) is 3. The van der Waals surface area contributed by atoms with Crippen molar-refractivity contribution in [3.05, 3.63) is 0 Å². The summed E-state index contributed by atoms with van der Waals surface area (Å²) in [6.07, 6.45) is 12.2. The average molecular weight is 430 g/mol. The number of rotatable bonds is 7. The minimum absolute atomic E-state index is 0.0976. The highest BCUT2D eigenvalue weighted by Crippen LogP contribution is 2.50. The molecule has 6 heteroatoms. The number of fused-ring (bicyclic) bond motifs is 4. The fourth-order valence-corrected chi connectivity index (χ4v) is 7.59. The molecule has 4 bridgehead atoms. The second kappa shape index (κ2) is 9.11. The van der Waals surface area contributed by atoms with Crippen molar-refractivity contribution in [2.45, 2.75) is 70.6 Å². The summed E-state index contributed by atoms with van der Waals surface area (Å²) in [4.78, 5) is 41.3. The van der Waals surface area contributed by atoms with Gasteiger partial charge in [0.1, 0.15) is 0 Å². The van der Waals surface area contributed by atoms with E-state index >= 15 is 0 Å². The third-order valence-corrected chi connectivity index (χ3v) is 9.30. The summed E-state index contributed by atoms with van der Waals surface area (Å²) < 4.78 is 0. The number of hydrogen-bond donors (Lipinski definition) is 1. The van der Waals surface area contributed by atoms with Crippen molar-refractivity contribution < 1.29 is 14.4 Å². The van der Waals surface area contributed by atoms with Gasteiger partial charge in [-0.3, -0.25) is 14.4 Å². The van der Waals surface area contributed by atoms with E-state index in [1.54, 1.807) is 0 Å². The van der Waals surface area contributed by atoms with E-state index in [-0.39, 0.29) is 17.7 Å². The van der Waals surface area contributed by atoms with Crippen LogP contribution in [0.4, 0.5) is 0 Å². The zero-order valence-electron chi connectivity index (χ0n) is 18.9. The highest BCUT2D eigenvalue weighted by Gasteiger charge is 2.41. The van der Waals surface area contributed by atoms with Crippen molar-refractivity contribution in [1.29, 1.82) is 0 Å². The van der Waals surface area contributed by atoms with Gasteiger partial charge in [0.2, 0.25) is 17.7 Å². The van der Waals surface area contributed by atoms with Crippen LogP contribution >= 0.6 is 0 Å². The molecule has 1 saturated heterocycles. The Labute approximate surface area is 186 Å². The van der Waals surface area contributed by atoms with Crippen LogP contribution in [-0.4, -0.2) is 60.2 Å². The molecule has 4 saturated carbocycles. The lowest BCUT2D eigenvalue weighted by atomic mass is 9.86. The maximum absolute atomic E-state index is 12.7. The Morgan fingerprint density at radius 1 is 0.677 bits per heavy atom. The third kappa shape index (κ3) is 4.78. The first kappa shape index (κ1) is 21.3. The summed E-state index contributed by atoms with van der Waals surface area (Å²) in [5, 5.41) is 2.97. The molecule has 5 fully saturated rings. The summed E-state index contributed by atoms with van der Waals surface area (Å²) in [5.74, 6) is 4.97. The summed E-state index contributed by atoms with van der Waals surface area (Å²) in [6.45, 7) is 2.99. The quantitative estimate of drug-likeness (QED) is 0.677. The number of carbonyl (C=O) groups is 3. The van der Waals surface area contributed by atoms with Crippen LogP contribution in [0.5, 0.6) is 0 Å². The topological polar surface area (TPSA) is 69.7 Å². The molecule has 3 amide bonds. The highest BCUT2D eigenvalue weighted by molar-refractivity contribution is 5.80. The number of carbonyl (C=O) groups excluding carboxylic acids is 3. The van der Waals surface area contributed by atoms with Crippen molar-refractivity contribution in [2.75, 3.05) is 32.7 Å². The first-order chi connectivity index (χ1) is 15.0. The second-order valence-electron chi connectivity index (χ2n) is 11.1. The van der Waals surface area contributed by atoms with Gasteiger partial charge in [0.25, 0.3) is 0 Å². The zero-order valence-corrected chi connectivity index (χ0v) is 18.9. The van der Waals surface area contributed by atoms with E-state index in [4.69, 9.17) is 0 Å². The number of piperazine rings is 1. The van der Waals surface area contributed by atoms with Gasteiger partial charge < -0.3 is 15.1 Å². The van der Waals surface area contributed by atoms with Crippen LogP contribution in [0.3, 0.4) is 0 Å². The Morgan fingerprint density at radius 2 is 1.23 bits per heavy atom. The van der Waals surface area contributed by atoms with E-state index < -0.39 is 0 Å². The van der Waals surface area contributed by atoms with Gasteiger partial charge in [-0.1, -0.05) is 12.8 Å². The third-order valence-electron chi connectivity index (χ3n) is 9.30. The molecule has 1 heterocycles. The monoisotopic (exact) mass is 429 g/mol. The smallest absolute Gasteiger partial charge is 0.224 e. The standard InChI is InChI=1S/C25H39N3O3/c29-23(15-21-13-17-1-3-19(21)11-17)26-6-5-24(30)27-7-9-28(10-8-27)25(31)16-22-14-18-2-4-20(22)12-18/h17-22H,1-16H2,(H,26,29)/t17-,18-,19-,20-,21+,22+/m0/s1. The van der Waals surface area contributed by atoms with Crippen molar-refractivity contribution in [3.8, 4) is 0 Å². The predicted octanol–water partition coefficient (Wildman–Crippen LogP) is 2.82. The Bertz CT molecular complexity index is 702. The van der Waals surface area contributed by atoms with Crippen molar-refractivity contribution >= 4 is 17.7 Å². The van der Waals surface area contributed by atoms with Gasteiger partial charge in [0.15, 0.2) is 0 Å². The van der Waals surface area contributed by atoms with Gasteiger partial charge in [-0.2, -0.15) is 0 Å².